The van der Waals surface area contributed by atoms with Gasteiger partial charge in [0.2, 0.25) is 0 Å². The quantitative estimate of drug-likeness (QED) is 0.340. The van der Waals surface area contributed by atoms with Gasteiger partial charge in [-0.05, 0) is 30.2 Å². The number of hydrogen-bond acceptors (Lipinski definition) is 5. The molecule has 0 saturated heterocycles. The van der Waals surface area contributed by atoms with Crippen LogP contribution in [-0.2, 0) is 0 Å². The van der Waals surface area contributed by atoms with E-state index < -0.39 is 0 Å². The average Bonchev–Trinajstić information content (AvgIpc) is 2.40. The zero-order chi connectivity index (χ0) is 11.9. The predicted octanol–water partition coefficient (Wildman–Crippen LogP) is 1.08. The number of nitrogens with zero attached hydrogens (tertiary/aromatic N) is 4. The van der Waals surface area contributed by atoms with Gasteiger partial charge in [-0.2, -0.15) is 0 Å². The molecule has 2 aromatic heterocycles. The second kappa shape index (κ2) is 5.37. The first-order chi connectivity index (χ1) is 8.38. The van der Waals surface area contributed by atoms with E-state index in [9.17, 15) is 0 Å². The molecule has 0 aromatic carbocycles. The van der Waals surface area contributed by atoms with E-state index in [0.29, 0.717) is 11.4 Å². The Bertz CT molecular complexity index is 567. The number of aromatic nitrogens is 3. The van der Waals surface area contributed by atoms with Gasteiger partial charge in [0.05, 0.1) is 6.21 Å². The minimum Gasteiger partial charge on any atom is -0.411 e. The largest absolute Gasteiger partial charge is 0.411 e. The summed E-state index contributed by atoms with van der Waals surface area (Å²) in [4.78, 5) is 3.95. The van der Waals surface area contributed by atoms with Crippen LogP contribution in [0.3, 0.4) is 0 Å². The zero-order valence-electron chi connectivity index (χ0n) is 8.78. The van der Waals surface area contributed by atoms with Crippen LogP contribution < -0.4 is 0 Å². The van der Waals surface area contributed by atoms with E-state index in [2.05, 4.69) is 32.2 Å². The fraction of sp³-hybridized carbons (Fsp3) is 0. The molecule has 0 amide bonds. The van der Waals surface area contributed by atoms with Gasteiger partial charge >= 0.3 is 0 Å². The lowest BCUT2D eigenvalue weighted by molar-refractivity contribution is 0.321. The Hall–Kier alpha value is -2.74. The van der Waals surface area contributed by atoms with Gasteiger partial charge in [0.25, 0.3) is 0 Å². The summed E-state index contributed by atoms with van der Waals surface area (Å²) in [5, 5.41) is 18.8. The average molecular weight is 224 g/mol. The molecule has 0 fully saturated rings. The topological polar surface area (TPSA) is 71.3 Å². The highest BCUT2D eigenvalue weighted by atomic mass is 16.4. The second-order valence-electron chi connectivity index (χ2n) is 3.08. The normalized spacial score (nSPS) is 9.88. The molecule has 0 aliphatic rings. The van der Waals surface area contributed by atoms with Gasteiger partial charge in [0.1, 0.15) is 11.4 Å². The summed E-state index contributed by atoms with van der Waals surface area (Å²) in [5.41, 5.74) is 1.83. The van der Waals surface area contributed by atoms with Crippen molar-refractivity contribution >= 4 is 6.21 Å². The van der Waals surface area contributed by atoms with Crippen molar-refractivity contribution in [2.45, 2.75) is 0 Å². The lowest BCUT2D eigenvalue weighted by atomic mass is 10.2. The van der Waals surface area contributed by atoms with Gasteiger partial charge in [0, 0.05) is 18.0 Å². The molecule has 0 spiro atoms. The van der Waals surface area contributed by atoms with Crippen LogP contribution in [0.2, 0.25) is 0 Å². The van der Waals surface area contributed by atoms with Crippen molar-refractivity contribution in [2.75, 3.05) is 0 Å². The van der Waals surface area contributed by atoms with Gasteiger partial charge in [0.15, 0.2) is 0 Å². The van der Waals surface area contributed by atoms with E-state index in [-0.39, 0.29) is 0 Å². The molecule has 2 rings (SSSR count). The molecule has 2 aromatic rings. The SMILES string of the molecule is ON=Cc1ccc(C#Cc2cccnc2)nn1. The predicted molar refractivity (Wildman–Crippen MR) is 61.6 cm³/mol. The van der Waals surface area contributed by atoms with Crippen molar-refractivity contribution in [3.63, 3.8) is 0 Å². The molecule has 0 bridgehead atoms. The summed E-state index contributed by atoms with van der Waals surface area (Å²) in [6, 6.07) is 7.05. The molecular weight excluding hydrogens is 216 g/mol. The second-order valence-corrected chi connectivity index (χ2v) is 3.08. The van der Waals surface area contributed by atoms with Gasteiger partial charge in [-0.25, -0.2) is 0 Å². The van der Waals surface area contributed by atoms with Gasteiger partial charge in [-0.3, -0.25) is 4.98 Å². The maximum Gasteiger partial charge on any atom is 0.136 e. The molecule has 0 atom stereocenters. The van der Waals surface area contributed by atoms with E-state index in [1.54, 1.807) is 24.5 Å². The van der Waals surface area contributed by atoms with Crippen LogP contribution in [0, 0.1) is 11.8 Å². The lowest BCUT2D eigenvalue weighted by Gasteiger charge is -1.90. The van der Waals surface area contributed by atoms with E-state index in [1.807, 2.05) is 12.1 Å². The van der Waals surface area contributed by atoms with Crippen LogP contribution in [0.25, 0.3) is 0 Å². The van der Waals surface area contributed by atoms with E-state index in [0.717, 1.165) is 5.56 Å². The van der Waals surface area contributed by atoms with Crippen LogP contribution in [0.5, 0.6) is 0 Å². The highest BCUT2D eigenvalue weighted by Gasteiger charge is 1.92. The Morgan fingerprint density at radius 1 is 1.18 bits per heavy atom. The molecule has 82 valence electrons. The van der Waals surface area contributed by atoms with Crippen molar-refractivity contribution in [3.8, 4) is 11.8 Å². The maximum atomic E-state index is 8.31. The highest BCUT2D eigenvalue weighted by molar-refractivity contribution is 5.75. The third-order valence-corrected chi connectivity index (χ3v) is 1.87. The maximum absolute atomic E-state index is 8.31. The first kappa shape index (κ1) is 10.8. The molecule has 5 nitrogen and oxygen atoms in total. The molecule has 2 heterocycles. The summed E-state index contributed by atoms with van der Waals surface area (Å²) in [7, 11) is 0. The Labute approximate surface area is 97.9 Å². The summed E-state index contributed by atoms with van der Waals surface area (Å²) >= 11 is 0. The number of oxime groups is 1. The third kappa shape index (κ3) is 3.11. The van der Waals surface area contributed by atoms with Crippen molar-refractivity contribution in [1.82, 2.24) is 15.2 Å². The van der Waals surface area contributed by atoms with Crippen LogP contribution in [0.4, 0.5) is 0 Å². The van der Waals surface area contributed by atoms with Gasteiger partial charge in [-0.1, -0.05) is 11.1 Å². The molecule has 0 aliphatic carbocycles. The van der Waals surface area contributed by atoms with E-state index in [4.69, 9.17) is 5.21 Å². The Morgan fingerprint density at radius 3 is 2.76 bits per heavy atom. The molecule has 0 radical (unpaired) electrons. The van der Waals surface area contributed by atoms with Crippen LogP contribution >= 0.6 is 0 Å². The molecule has 0 unspecified atom stereocenters. The van der Waals surface area contributed by atoms with Crippen LogP contribution in [0.15, 0.2) is 41.8 Å². The third-order valence-electron chi connectivity index (χ3n) is 1.87. The first-order valence-electron chi connectivity index (χ1n) is 4.82. The number of rotatable bonds is 1. The Morgan fingerprint density at radius 2 is 2.12 bits per heavy atom. The fourth-order valence-electron chi connectivity index (χ4n) is 1.11. The highest BCUT2D eigenvalue weighted by Crippen LogP contribution is 1.95. The van der Waals surface area contributed by atoms with Gasteiger partial charge in [-0.15, -0.1) is 10.2 Å². The number of pyridine rings is 1. The first-order valence-corrected chi connectivity index (χ1v) is 4.82. The monoisotopic (exact) mass is 224 g/mol. The smallest absolute Gasteiger partial charge is 0.136 e. The Balaban J connectivity index is 2.17. The molecule has 17 heavy (non-hydrogen) atoms. The Kier molecular flexibility index (Phi) is 3.40. The molecular formula is C12H8N4O. The lowest BCUT2D eigenvalue weighted by Crippen LogP contribution is -1.93. The van der Waals surface area contributed by atoms with E-state index in [1.165, 1.54) is 6.21 Å². The standard InChI is InChI=1S/C12H8N4O/c17-14-9-12-6-5-11(15-16-12)4-3-10-2-1-7-13-8-10/h1-2,5-9,17H. The van der Waals surface area contributed by atoms with Crippen molar-refractivity contribution in [3.05, 3.63) is 53.6 Å². The zero-order valence-corrected chi connectivity index (χ0v) is 8.78. The minimum absolute atomic E-state index is 0.472. The van der Waals surface area contributed by atoms with Crippen molar-refractivity contribution < 1.29 is 5.21 Å². The number of hydrogen-bond donors (Lipinski definition) is 1. The fourth-order valence-corrected chi connectivity index (χ4v) is 1.11. The van der Waals surface area contributed by atoms with Crippen LogP contribution in [-0.4, -0.2) is 26.6 Å². The van der Waals surface area contributed by atoms with Crippen LogP contribution in [0.1, 0.15) is 17.0 Å². The molecule has 1 N–H and O–H groups in total. The molecule has 0 saturated carbocycles. The summed E-state index contributed by atoms with van der Waals surface area (Å²) in [6.07, 6.45) is 4.56. The van der Waals surface area contributed by atoms with Crippen molar-refractivity contribution in [1.29, 1.82) is 0 Å². The summed E-state index contributed by atoms with van der Waals surface area (Å²) in [5.74, 6) is 5.77. The van der Waals surface area contributed by atoms with Crippen molar-refractivity contribution in [2.24, 2.45) is 5.16 Å². The molecule has 5 heteroatoms. The molecule has 0 aliphatic heterocycles. The summed E-state index contributed by atoms with van der Waals surface area (Å²) < 4.78 is 0. The summed E-state index contributed by atoms with van der Waals surface area (Å²) in [6.45, 7) is 0. The van der Waals surface area contributed by atoms with Gasteiger partial charge < -0.3 is 5.21 Å². The minimum atomic E-state index is 0.472. The van der Waals surface area contributed by atoms with E-state index >= 15 is 0 Å².